The second-order valence-electron chi connectivity index (χ2n) is 6.59. The molecule has 33 heavy (non-hydrogen) atoms. The molecule has 4 rings (SSSR count). The molecule has 0 aliphatic rings. The number of isocyanates is 3. The van der Waals surface area contributed by atoms with Crippen molar-refractivity contribution in [2.45, 2.75) is 0 Å². The molecule has 0 aliphatic carbocycles. The lowest BCUT2D eigenvalue weighted by Crippen LogP contribution is -1.77. The summed E-state index contributed by atoms with van der Waals surface area (Å²) >= 11 is 0. The average Bonchev–Trinajstić information content (AvgIpc) is 2.87. The third-order valence-corrected chi connectivity index (χ3v) is 4.57. The molecule has 0 N–H and O–H groups in total. The zero-order chi connectivity index (χ0) is 23.3. The van der Waals surface area contributed by atoms with Crippen LogP contribution >= 0.6 is 0 Å². The molecule has 0 fully saturated rings. The van der Waals surface area contributed by atoms with E-state index in [1.807, 2.05) is 72.8 Å². The van der Waals surface area contributed by atoms with Crippen molar-refractivity contribution in [2.75, 3.05) is 0 Å². The number of nitrogens with zero attached hydrogens (tertiary/aromatic N) is 3. The van der Waals surface area contributed by atoms with Crippen LogP contribution in [0.5, 0.6) is 0 Å². The van der Waals surface area contributed by atoms with Crippen molar-refractivity contribution >= 4 is 35.3 Å². The maximum absolute atomic E-state index is 10.3. The Balaban J connectivity index is 0.000000189. The second-order valence-corrected chi connectivity index (χ2v) is 6.59. The highest BCUT2D eigenvalue weighted by Crippen LogP contribution is 2.29. The van der Waals surface area contributed by atoms with Gasteiger partial charge >= 0.3 is 0 Å². The first kappa shape index (κ1) is 22.7. The molecule has 4 aromatic carbocycles. The van der Waals surface area contributed by atoms with Crippen molar-refractivity contribution in [3.05, 3.63) is 103 Å². The third kappa shape index (κ3) is 6.50. The normalized spacial score (nSPS) is 9.21. The first-order valence-electron chi connectivity index (χ1n) is 9.83. The second kappa shape index (κ2) is 12.0. The summed E-state index contributed by atoms with van der Waals surface area (Å²) in [6.45, 7) is 0. The van der Waals surface area contributed by atoms with Gasteiger partial charge in [-0.2, -0.15) is 15.0 Å². The number of benzene rings is 4. The number of hydrogen-bond donors (Lipinski definition) is 0. The minimum absolute atomic E-state index is 0.566. The van der Waals surface area contributed by atoms with E-state index in [1.165, 1.54) is 12.2 Å². The highest BCUT2D eigenvalue weighted by Gasteiger charge is 2.02. The monoisotopic (exact) mass is 431 g/mol. The van der Waals surface area contributed by atoms with Gasteiger partial charge in [0.25, 0.3) is 0 Å². The molecule has 0 bridgehead atoms. The van der Waals surface area contributed by atoms with Gasteiger partial charge in [-0.15, -0.1) is 0 Å². The first-order chi connectivity index (χ1) is 16.2. The van der Waals surface area contributed by atoms with E-state index in [1.54, 1.807) is 36.4 Å². The van der Waals surface area contributed by atoms with Crippen molar-refractivity contribution in [3.63, 3.8) is 0 Å². The van der Waals surface area contributed by atoms with E-state index in [2.05, 4.69) is 15.0 Å². The van der Waals surface area contributed by atoms with Crippen LogP contribution < -0.4 is 0 Å². The Labute approximate surface area is 190 Å². The first-order valence-corrected chi connectivity index (χ1v) is 9.83. The van der Waals surface area contributed by atoms with Gasteiger partial charge in [0.15, 0.2) is 0 Å². The van der Waals surface area contributed by atoms with Gasteiger partial charge < -0.3 is 0 Å². The number of hydrogen-bond acceptors (Lipinski definition) is 6. The Morgan fingerprint density at radius 3 is 1.36 bits per heavy atom. The topological polar surface area (TPSA) is 88.3 Å². The third-order valence-electron chi connectivity index (χ3n) is 4.57. The van der Waals surface area contributed by atoms with Crippen molar-refractivity contribution in [2.24, 2.45) is 15.0 Å². The molecule has 158 valence electrons. The van der Waals surface area contributed by atoms with E-state index < -0.39 is 0 Å². The fourth-order valence-electron chi connectivity index (χ4n) is 3.04. The Hall–Kier alpha value is -4.98. The minimum atomic E-state index is 0.566. The van der Waals surface area contributed by atoms with Crippen molar-refractivity contribution in [3.8, 4) is 22.3 Å². The predicted molar refractivity (Wildman–Crippen MR) is 127 cm³/mol. The van der Waals surface area contributed by atoms with Crippen LogP contribution in [0.2, 0.25) is 0 Å². The van der Waals surface area contributed by atoms with Crippen LogP contribution in [0.25, 0.3) is 22.3 Å². The fourth-order valence-corrected chi connectivity index (χ4v) is 3.04. The van der Waals surface area contributed by atoms with Gasteiger partial charge in [0.05, 0.1) is 17.1 Å². The average molecular weight is 431 g/mol. The lowest BCUT2D eigenvalue weighted by atomic mass is 10.0. The Kier molecular flexibility index (Phi) is 8.26. The van der Waals surface area contributed by atoms with E-state index in [9.17, 15) is 14.4 Å². The van der Waals surface area contributed by atoms with Crippen LogP contribution in [0.15, 0.2) is 118 Å². The van der Waals surface area contributed by atoms with Gasteiger partial charge in [0, 0.05) is 5.56 Å². The largest absolute Gasteiger partial charge is 0.240 e. The minimum Gasteiger partial charge on any atom is -0.211 e. The SMILES string of the molecule is O=C=Nc1ccc(-c2ccc(N=C=O)cc2)cc1.O=C=Nc1ccccc1-c1ccccc1. The highest BCUT2D eigenvalue weighted by atomic mass is 16.1. The van der Waals surface area contributed by atoms with Crippen molar-refractivity contribution < 1.29 is 14.4 Å². The molecule has 6 heteroatoms. The summed E-state index contributed by atoms with van der Waals surface area (Å²) in [5.41, 5.74) is 5.75. The predicted octanol–water partition coefficient (Wildman–Crippen LogP) is 6.61. The summed E-state index contributed by atoms with van der Waals surface area (Å²) in [6.07, 6.45) is 4.55. The van der Waals surface area contributed by atoms with E-state index in [0.717, 1.165) is 22.3 Å². The molecule has 6 nitrogen and oxygen atoms in total. The molecule has 0 heterocycles. The van der Waals surface area contributed by atoms with Gasteiger partial charge in [-0.05, 0) is 47.0 Å². The van der Waals surface area contributed by atoms with Crippen LogP contribution in [0.4, 0.5) is 17.1 Å². The summed E-state index contributed by atoms with van der Waals surface area (Å²) in [7, 11) is 0. The van der Waals surface area contributed by atoms with Gasteiger partial charge in [-0.25, -0.2) is 14.4 Å². The lowest BCUT2D eigenvalue weighted by molar-refractivity contribution is 0.564. The van der Waals surface area contributed by atoms with Crippen LogP contribution in [0.3, 0.4) is 0 Å². The zero-order valence-electron chi connectivity index (χ0n) is 17.4. The van der Waals surface area contributed by atoms with Gasteiger partial charge in [0.1, 0.15) is 0 Å². The zero-order valence-corrected chi connectivity index (χ0v) is 17.4. The molecular weight excluding hydrogens is 414 g/mol. The highest BCUT2D eigenvalue weighted by molar-refractivity contribution is 5.77. The lowest BCUT2D eigenvalue weighted by Gasteiger charge is -2.03. The molecule has 0 aromatic heterocycles. The van der Waals surface area contributed by atoms with E-state index in [-0.39, 0.29) is 0 Å². The molecule has 0 amide bonds. The van der Waals surface area contributed by atoms with E-state index in [0.29, 0.717) is 17.1 Å². The summed E-state index contributed by atoms with van der Waals surface area (Å²) < 4.78 is 0. The van der Waals surface area contributed by atoms with Gasteiger partial charge in [0.2, 0.25) is 18.2 Å². The summed E-state index contributed by atoms with van der Waals surface area (Å²) in [5, 5.41) is 0. The van der Waals surface area contributed by atoms with Crippen molar-refractivity contribution in [1.82, 2.24) is 0 Å². The smallest absolute Gasteiger partial charge is 0.211 e. The quantitative estimate of drug-likeness (QED) is 0.263. The summed E-state index contributed by atoms with van der Waals surface area (Å²) in [5.74, 6) is 0. The van der Waals surface area contributed by atoms with E-state index in [4.69, 9.17) is 0 Å². The molecule has 0 saturated heterocycles. The maximum Gasteiger partial charge on any atom is 0.240 e. The Bertz CT molecular complexity index is 1290. The van der Waals surface area contributed by atoms with Crippen LogP contribution in [0.1, 0.15) is 0 Å². The summed E-state index contributed by atoms with van der Waals surface area (Å²) in [4.78, 5) is 41.2. The molecule has 4 aromatic rings. The fraction of sp³-hybridized carbons (Fsp3) is 0. The molecule has 0 saturated carbocycles. The van der Waals surface area contributed by atoms with E-state index >= 15 is 0 Å². The number of rotatable bonds is 5. The number of para-hydroxylation sites is 1. The molecule has 0 unspecified atom stereocenters. The van der Waals surface area contributed by atoms with Crippen LogP contribution in [0, 0.1) is 0 Å². The number of carbonyl (C=O) groups excluding carboxylic acids is 3. The Morgan fingerprint density at radius 2 is 0.879 bits per heavy atom. The maximum atomic E-state index is 10.3. The van der Waals surface area contributed by atoms with Gasteiger partial charge in [-0.3, -0.25) is 0 Å². The van der Waals surface area contributed by atoms with Crippen molar-refractivity contribution in [1.29, 1.82) is 0 Å². The molecular formula is C27H17N3O3. The number of aliphatic imine (C=N–C) groups is 3. The molecule has 0 atom stereocenters. The molecule has 0 radical (unpaired) electrons. The standard InChI is InChI=1S/C14H8N2O2.C13H9NO/c17-9-15-13-5-1-11(2-6-13)12-3-7-14(8-4-12)16-10-18;15-10-14-13-9-5-4-8-12(13)11-6-2-1-3-7-11/h1-8H;1-9H. The van der Waals surface area contributed by atoms with Gasteiger partial charge in [-0.1, -0.05) is 72.8 Å². The molecule has 0 aliphatic heterocycles. The van der Waals surface area contributed by atoms with Crippen LogP contribution in [-0.2, 0) is 14.4 Å². The Morgan fingerprint density at radius 1 is 0.424 bits per heavy atom. The molecule has 0 spiro atoms. The summed E-state index contributed by atoms with van der Waals surface area (Å²) in [6, 6.07) is 31.7. The van der Waals surface area contributed by atoms with Crippen LogP contribution in [-0.4, -0.2) is 18.2 Å².